The first-order valence-corrected chi connectivity index (χ1v) is 4.40. The van der Waals surface area contributed by atoms with Gasteiger partial charge < -0.3 is 10.1 Å². The van der Waals surface area contributed by atoms with Crippen LogP contribution >= 0.6 is 0 Å². The molecular weight excluding hydrogens is 138 g/mol. The van der Waals surface area contributed by atoms with Gasteiger partial charge >= 0.3 is 0 Å². The van der Waals surface area contributed by atoms with E-state index in [9.17, 15) is 0 Å². The van der Waals surface area contributed by atoms with Gasteiger partial charge in [-0.2, -0.15) is 0 Å². The molecule has 0 aromatic rings. The van der Waals surface area contributed by atoms with Gasteiger partial charge in [0.1, 0.15) is 0 Å². The number of ether oxygens (including phenoxy) is 1. The number of hydrogen-bond acceptors (Lipinski definition) is 2. The highest BCUT2D eigenvalue weighted by Gasteiger charge is 2.31. The molecular formula is C9H19NO. The Morgan fingerprint density at radius 2 is 2.18 bits per heavy atom. The zero-order chi connectivity index (χ0) is 8.32. The van der Waals surface area contributed by atoms with E-state index in [4.69, 9.17) is 4.74 Å². The van der Waals surface area contributed by atoms with E-state index < -0.39 is 0 Å². The van der Waals surface area contributed by atoms with Crippen molar-refractivity contribution < 1.29 is 4.74 Å². The summed E-state index contributed by atoms with van der Waals surface area (Å²) in [7, 11) is 1.78. The van der Waals surface area contributed by atoms with Crippen molar-refractivity contribution in [1.29, 1.82) is 0 Å². The molecule has 1 atom stereocenters. The van der Waals surface area contributed by atoms with E-state index in [2.05, 4.69) is 19.2 Å². The highest BCUT2D eigenvalue weighted by atomic mass is 16.5. The molecule has 0 saturated carbocycles. The Morgan fingerprint density at radius 3 is 2.55 bits per heavy atom. The van der Waals surface area contributed by atoms with Crippen LogP contribution in [-0.4, -0.2) is 26.3 Å². The molecule has 1 aliphatic heterocycles. The van der Waals surface area contributed by atoms with E-state index in [0.717, 1.165) is 0 Å². The zero-order valence-corrected chi connectivity index (χ0v) is 7.81. The van der Waals surface area contributed by atoms with Crippen molar-refractivity contribution >= 4 is 0 Å². The fourth-order valence-electron chi connectivity index (χ4n) is 1.40. The maximum atomic E-state index is 5.19. The second-order valence-electron chi connectivity index (χ2n) is 4.00. The molecule has 1 unspecified atom stereocenters. The minimum Gasteiger partial charge on any atom is -0.382 e. The standard InChI is InChI=1S/C9H19NO/c1-8(11-3)4-5-9(2)6-10-7-9/h8,10H,4-7H2,1-3H3. The van der Waals surface area contributed by atoms with Crippen LogP contribution in [0.25, 0.3) is 0 Å². The lowest BCUT2D eigenvalue weighted by Crippen LogP contribution is -2.51. The molecule has 0 bridgehead atoms. The summed E-state index contributed by atoms with van der Waals surface area (Å²) in [6.45, 7) is 6.84. The molecule has 0 amide bonds. The topological polar surface area (TPSA) is 21.3 Å². The van der Waals surface area contributed by atoms with Crippen LogP contribution in [0, 0.1) is 5.41 Å². The minimum absolute atomic E-state index is 0.424. The summed E-state index contributed by atoms with van der Waals surface area (Å²) >= 11 is 0. The van der Waals surface area contributed by atoms with E-state index in [1.54, 1.807) is 7.11 Å². The first kappa shape index (κ1) is 9.01. The van der Waals surface area contributed by atoms with Crippen molar-refractivity contribution in [3.05, 3.63) is 0 Å². The van der Waals surface area contributed by atoms with Crippen LogP contribution in [0.15, 0.2) is 0 Å². The van der Waals surface area contributed by atoms with Crippen molar-refractivity contribution in [1.82, 2.24) is 5.32 Å². The zero-order valence-electron chi connectivity index (χ0n) is 7.81. The van der Waals surface area contributed by atoms with Gasteiger partial charge in [-0.3, -0.25) is 0 Å². The van der Waals surface area contributed by atoms with Crippen molar-refractivity contribution in [3.8, 4) is 0 Å². The summed E-state index contributed by atoms with van der Waals surface area (Å²) in [6.07, 6.45) is 2.90. The average Bonchev–Trinajstić information content (AvgIpc) is 1.96. The molecule has 1 saturated heterocycles. The van der Waals surface area contributed by atoms with Crippen LogP contribution in [0.2, 0.25) is 0 Å². The lowest BCUT2D eigenvalue weighted by molar-refractivity contribution is 0.0816. The van der Waals surface area contributed by atoms with Gasteiger partial charge in [0.2, 0.25) is 0 Å². The Hall–Kier alpha value is -0.0800. The van der Waals surface area contributed by atoms with E-state index in [1.807, 2.05) is 0 Å². The van der Waals surface area contributed by atoms with Gasteiger partial charge in [0.15, 0.2) is 0 Å². The molecule has 2 nitrogen and oxygen atoms in total. The fourth-order valence-corrected chi connectivity index (χ4v) is 1.40. The number of rotatable bonds is 4. The summed E-state index contributed by atoms with van der Waals surface area (Å²) in [5.41, 5.74) is 0.562. The summed E-state index contributed by atoms with van der Waals surface area (Å²) in [5.74, 6) is 0. The maximum absolute atomic E-state index is 5.19. The third-order valence-corrected chi connectivity index (χ3v) is 2.66. The van der Waals surface area contributed by atoms with Gasteiger partial charge in [0.05, 0.1) is 6.10 Å². The normalized spacial score (nSPS) is 24.3. The largest absolute Gasteiger partial charge is 0.382 e. The molecule has 66 valence electrons. The first-order chi connectivity index (χ1) is 5.16. The summed E-state index contributed by atoms with van der Waals surface area (Å²) < 4.78 is 5.19. The van der Waals surface area contributed by atoms with Crippen LogP contribution in [0.5, 0.6) is 0 Å². The van der Waals surface area contributed by atoms with Crippen molar-refractivity contribution in [2.75, 3.05) is 20.2 Å². The van der Waals surface area contributed by atoms with Gasteiger partial charge in [0.25, 0.3) is 0 Å². The SMILES string of the molecule is COC(C)CCC1(C)CNC1. The summed E-state index contributed by atoms with van der Waals surface area (Å²) in [6, 6.07) is 0. The number of methoxy groups -OCH3 is 1. The van der Waals surface area contributed by atoms with Crippen molar-refractivity contribution in [2.45, 2.75) is 32.8 Å². The molecule has 1 aliphatic rings. The van der Waals surface area contributed by atoms with E-state index >= 15 is 0 Å². The quantitative estimate of drug-likeness (QED) is 0.666. The molecule has 0 radical (unpaired) electrons. The molecule has 1 fully saturated rings. The van der Waals surface area contributed by atoms with E-state index in [-0.39, 0.29) is 0 Å². The Balaban J connectivity index is 2.11. The minimum atomic E-state index is 0.424. The van der Waals surface area contributed by atoms with Gasteiger partial charge in [-0.15, -0.1) is 0 Å². The number of hydrogen-bond donors (Lipinski definition) is 1. The lowest BCUT2D eigenvalue weighted by atomic mass is 9.79. The Kier molecular flexibility index (Phi) is 2.90. The third-order valence-electron chi connectivity index (χ3n) is 2.66. The van der Waals surface area contributed by atoms with Gasteiger partial charge in [-0.05, 0) is 25.2 Å². The molecule has 0 aliphatic carbocycles. The highest BCUT2D eigenvalue weighted by molar-refractivity contribution is 4.88. The Morgan fingerprint density at radius 1 is 1.55 bits per heavy atom. The van der Waals surface area contributed by atoms with Crippen LogP contribution in [0.4, 0.5) is 0 Å². The maximum Gasteiger partial charge on any atom is 0.0543 e. The van der Waals surface area contributed by atoms with E-state index in [1.165, 1.54) is 25.9 Å². The highest BCUT2D eigenvalue weighted by Crippen LogP contribution is 2.28. The smallest absolute Gasteiger partial charge is 0.0543 e. The lowest BCUT2D eigenvalue weighted by Gasteiger charge is -2.40. The van der Waals surface area contributed by atoms with Crippen molar-refractivity contribution in [2.24, 2.45) is 5.41 Å². The fraction of sp³-hybridized carbons (Fsp3) is 1.00. The van der Waals surface area contributed by atoms with Crippen LogP contribution in [-0.2, 0) is 4.74 Å². The Bertz CT molecular complexity index is 121. The number of nitrogens with one attached hydrogen (secondary N) is 1. The van der Waals surface area contributed by atoms with Gasteiger partial charge in [-0.1, -0.05) is 6.92 Å². The molecule has 0 spiro atoms. The van der Waals surface area contributed by atoms with Crippen LogP contribution < -0.4 is 5.32 Å². The van der Waals surface area contributed by atoms with Crippen LogP contribution in [0.1, 0.15) is 26.7 Å². The second-order valence-corrected chi connectivity index (χ2v) is 4.00. The monoisotopic (exact) mass is 157 g/mol. The predicted octanol–water partition coefficient (Wildman–Crippen LogP) is 1.41. The van der Waals surface area contributed by atoms with Crippen LogP contribution in [0.3, 0.4) is 0 Å². The summed E-state index contributed by atoms with van der Waals surface area (Å²) in [5, 5.41) is 3.30. The van der Waals surface area contributed by atoms with Crippen molar-refractivity contribution in [3.63, 3.8) is 0 Å². The second kappa shape index (κ2) is 3.55. The van der Waals surface area contributed by atoms with Gasteiger partial charge in [-0.25, -0.2) is 0 Å². The van der Waals surface area contributed by atoms with Gasteiger partial charge in [0, 0.05) is 20.2 Å². The molecule has 1 rings (SSSR count). The third kappa shape index (κ3) is 2.46. The average molecular weight is 157 g/mol. The molecule has 2 heteroatoms. The predicted molar refractivity (Wildman–Crippen MR) is 46.7 cm³/mol. The molecule has 1 heterocycles. The molecule has 11 heavy (non-hydrogen) atoms. The van der Waals surface area contributed by atoms with E-state index in [0.29, 0.717) is 11.5 Å². The first-order valence-electron chi connectivity index (χ1n) is 4.40. The summed E-state index contributed by atoms with van der Waals surface area (Å²) in [4.78, 5) is 0. The Labute approximate surface area is 69.3 Å². The molecule has 1 N–H and O–H groups in total. The molecule has 0 aromatic heterocycles. The molecule has 0 aromatic carbocycles.